The van der Waals surface area contributed by atoms with Gasteiger partial charge in [-0.1, -0.05) is 38.3 Å². The molecule has 0 aromatic heterocycles. The Labute approximate surface area is 124 Å². The van der Waals surface area contributed by atoms with Gasteiger partial charge in [0.15, 0.2) is 0 Å². The number of carbonyl (C=O) groups is 1. The molecule has 5 heteroatoms. The molecule has 114 valence electrons. The zero-order valence-corrected chi connectivity index (χ0v) is 12.4. The average Bonchev–Trinajstić information content (AvgIpc) is 2.53. The fourth-order valence-corrected chi connectivity index (χ4v) is 2.81. The lowest BCUT2D eigenvalue weighted by molar-refractivity contribution is -0.384. The molecule has 0 bridgehead atoms. The van der Waals surface area contributed by atoms with Crippen molar-refractivity contribution in [3.63, 3.8) is 0 Å². The highest BCUT2D eigenvalue weighted by Gasteiger charge is 2.21. The lowest BCUT2D eigenvalue weighted by atomic mass is 9.88. The molecule has 1 atom stereocenters. The van der Waals surface area contributed by atoms with E-state index in [1.807, 2.05) is 6.92 Å². The van der Waals surface area contributed by atoms with E-state index in [2.05, 4.69) is 5.32 Å². The van der Waals surface area contributed by atoms with Crippen molar-refractivity contribution < 1.29 is 9.72 Å². The van der Waals surface area contributed by atoms with Gasteiger partial charge in [-0.2, -0.15) is 0 Å². The van der Waals surface area contributed by atoms with E-state index in [-0.39, 0.29) is 23.4 Å². The van der Waals surface area contributed by atoms with Gasteiger partial charge >= 0.3 is 0 Å². The Hall–Kier alpha value is -1.91. The highest BCUT2D eigenvalue weighted by atomic mass is 16.6. The smallest absolute Gasteiger partial charge is 0.269 e. The number of amides is 1. The standard InChI is InChI=1S/C16H22N2O3/c1-12(13-7-9-15(10-8-13)18(20)21)11-17-16(19)14-5-3-2-4-6-14/h7-10,12,14H,2-6,11H2,1H3,(H,17,19). The van der Waals surface area contributed by atoms with Crippen LogP contribution < -0.4 is 5.32 Å². The van der Waals surface area contributed by atoms with Crippen molar-refractivity contribution in [1.82, 2.24) is 5.32 Å². The monoisotopic (exact) mass is 290 g/mol. The van der Waals surface area contributed by atoms with Crippen LogP contribution in [0.15, 0.2) is 24.3 Å². The fraction of sp³-hybridized carbons (Fsp3) is 0.562. The van der Waals surface area contributed by atoms with E-state index in [4.69, 9.17) is 0 Å². The zero-order chi connectivity index (χ0) is 15.2. The lowest BCUT2D eigenvalue weighted by Crippen LogP contribution is -2.34. The third kappa shape index (κ3) is 4.28. The van der Waals surface area contributed by atoms with Crippen molar-refractivity contribution >= 4 is 11.6 Å². The summed E-state index contributed by atoms with van der Waals surface area (Å²) in [6.45, 7) is 2.59. The summed E-state index contributed by atoms with van der Waals surface area (Å²) in [5.74, 6) is 0.476. The first-order valence-electron chi connectivity index (χ1n) is 7.60. The maximum atomic E-state index is 12.1. The maximum absolute atomic E-state index is 12.1. The van der Waals surface area contributed by atoms with E-state index < -0.39 is 4.92 Å². The minimum absolute atomic E-state index is 0.0946. The quantitative estimate of drug-likeness (QED) is 0.667. The summed E-state index contributed by atoms with van der Waals surface area (Å²) in [5, 5.41) is 13.6. The highest BCUT2D eigenvalue weighted by molar-refractivity contribution is 5.78. The predicted molar refractivity (Wildman–Crippen MR) is 81.1 cm³/mol. The molecule has 1 aromatic carbocycles. The van der Waals surface area contributed by atoms with E-state index in [1.165, 1.54) is 18.6 Å². The molecule has 1 N–H and O–H groups in total. The molecule has 0 radical (unpaired) electrons. The molecule has 1 aliphatic carbocycles. The molecular weight excluding hydrogens is 268 g/mol. The number of rotatable bonds is 5. The van der Waals surface area contributed by atoms with Gasteiger partial charge in [0.25, 0.3) is 5.69 Å². The van der Waals surface area contributed by atoms with Gasteiger partial charge < -0.3 is 5.32 Å². The largest absolute Gasteiger partial charge is 0.355 e. The van der Waals surface area contributed by atoms with Gasteiger partial charge in [0.2, 0.25) is 5.91 Å². The van der Waals surface area contributed by atoms with E-state index in [0.717, 1.165) is 31.2 Å². The second-order valence-corrected chi connectivity index (χ2v) is 5.83. The van der Waals surface area contributed by atoms with Gasteiger partial charge in [0.05, 0.1) is 4.92 Å². The van der Waals surface area contributed by atoms with Gasteiger partial charge in [-0.15, -0.1) is 0 Å². The number of nitrogens with zero attached hydrogens (tertiary/aromatic N) is 1. The number of hydrogen-bond donors (Lipinski definition) is 1. The van der Waals surface area contributed by atoms with Crippen LogP contribution in [-0.2, 0) is 4.79 Å². The first-order valence-corrected chi connectivity index (χ1v) is 7.60. The number of benzene rings is 1. The van der Waals surface area contributed by atoms with Crippen LogP contribution in [0.5, 0.6) is 0 Å². The predicted octanol–water partition coefficient (Wildman–Crippen LogP) is 3.39. The topological polar surface area (TPSA) is 72.2 Å². The zero-order valence-electron chi connectivity index (χ0n) is 12.4. The van der Waals surface area contributed by atoms with E-state index in [1.54, 1.807) is 12.1 Å². The molecule has 21 heavy (non-hydrogen) atoms. The summed E-state index contributed by atoms with van der Waals surface area (Å²) in [7, 11) is 0. The number of hydrogen-bond acceptors (Lipinski definition) is 3. The van der Waals surface area contributed by atoms with Gasteiger partial charge in [-0.3, -0.25) is 14.9 Å². The number of nitro groups is 1. The van der Waals surface area contributed by atoms with Crippen LogP contribution in [-0.4, -0.2) is 17.4 Å². The van der Waals surface area contributed by atoms with Crippen LogP contribution in [0.4, 0.5) is 5.69 Å². The Kier molecular flexibility index (Phi) is 5.31. The minimum atomic E-state index is -0.403. The molecule has 2 rings (SSSR count). The first-order chi connectivity index (χ1) is 10.1. The van der Waals surface area contributed by atoms with Gasteiger partial charge in [-0.25, -0.2) is 0 Å². The number of carbonyl (C=O) groups excluding carboxylic acids is 1. The van der Waals surface area contributed by atoms with Crippen molar-refractivity contribution in [3.05, 3.63) is 39.9 Å². The summed E-state index contributed by atoms with van der Waals surface area (Å²) < 4.78 is 0. The van der Waals surface area contributed by atoms with Crippen molar-refractivity contribution in [1.29, 1.82) is 0 Å². The number of non-ortho nitro benzene ring substituents is 1. The Morgan fingerprint density at radius 3 is 2.48 bits per heavy atom. The first kappa shape index (κ1) is 15.5. The van der Waals surface area contributed by atoms with Crippen LogP contribution >= 0.6 is 0 Å². The Morgan fingerprint density at radius 2 is 1.90 bits per heavy atom. The van der Waals surface area contributed by atoms with E-state index >= 15 is 0 Å². The Morgan fingerprint density at radius 1 is 1.29 bits per heavy atom. The fourth-order valence-electron chi connectivity index (χ4n) is 2.81. The molecule has 1 aliphatic rings. The molecule has 1 unspecified atom stereocenters. The molecule has 0 saturated heterocycles. The van der Waals surface area contributed by atoms with Crippen LogP contribution in [0, 0.1) is 16.0 Å². The number of nitro benzene ring substituents is 1. The molecule has 1 amide bonds. The summed E-state index contributed by atoms with van der Waals surface area (Å²) >= 11 is 0. The number of nitrogens with one attached hydrogen (secondary N) is 1. The van der Waals surface area contributed by atoms with E-state index in [9.17, 15) is 14.9 Å². The van der Waals surface area contributed by atoms with Crippen LogP contribution in [0.2, 0.25) is 0 Å². The molecule has 0 aliphatic heterocycles. The maximum Gasteiger partial charge on any atom is 0.269 e. The molecule has 1 saturated carbocycles. The third-order valence-electron chi connectivity index (χ3n) is 4.23. The van der Waals surface area contributed by atoms with Gasteiger partial charge in [0.1, 0.15) is 0 Å². The highest BCUT2D eigenvalue weighted by Crippen LogP contribution is 2.24. The second kappa shape index (κ2) is 7.20. The van der Waals surface area contributed by atoms with Gasteiger partial charge in [0, 0.05) is 24.6 Å². The normalized spacial score (nSPS) is 17.2. The summed E-state index contributed by atoms with van der Waals surface area (Å²) in [5.41, 5.74) is 1.10. The molecule has 1 aromatic rings. The molecule has 0 spiro atoms. The summed E-state index contributed by atoms with van der Waals surface area (Å²) in [6, 6.07) is 6.54. The summed E-state index contributed by atoms with van der Waals surface area (Å²) in [4.78, 5) is 22.3. The molecule has 5 nitrogen and oxygen atoms in total. The lowest BCUT2D eigenvalue weighted by Gasteiger charge is -2.22. The third-order valence-corrected chi connectivity index (χ3v) is 4.23. The van der Waals surface area contributed by atoms with Gasteiger partial charge in [-0.05, 0) is 24.3 Å². The SMILES string of the molecule is CC(CNC(=O)C1CCCCC1)c1ccc([N+](=O)[O-])cc1. The van der Waals surface area contributed by atoms with E-state index in [0.29, 0.717) is 6.54 Å². The molecular formula is C16H22N2O3. The molecule has 1 fully saturated rings. The van der Waals surface area contributed by atoms with Crippen molar-refractivity contribution in [3.8, 4) is 0 Å². The van der Waals surface area contributed by atoms with Crippen molar-refractivity contribution in [2.45, 2.75) is 44.9 Å². The minimum Gasteiger partial charge on any atom is -0.355 e. The Bertz CT molecular complexity index is 493. The van der Waals surface area contributed by atoms with Crippen LogP contribution in [0.3, 0.4) is 0 Å². The second-order valence-electron chi connectivity index (χ2n) is 5.83. The van der Waals surface area contributed by atoms with Crippen molar-refractivity contribution in [2.75, 3.05) is 6.54 Å². The van der Waals surface area contributed by atoms with Crippen molar-refractivity contribution in [2.24, 2.45) is 5.92 Å². The molecule has 0 heterocycles. The van der Waals surface area contributed by atoms with Crippen LogP contribution in [0.25, 0.3) is 0 Å². The summed E-state index contributed by atoms with van der Waals surface area (Å²) in [6.07, 6.45) is 5.53. The average molecular weight is 290 g/mol. The van der Waals surface area contributed by atoms with Crippen LogP contribution in [0.1, 0.15) is 50.5 Å². The Balaban J connectivity index is 1.84.